The third-order valence-electron chi connectivity index (χ3n) is 1.21. The van der Waals surface area contributed by atoms with E-state index in [0.717, 1.165) is 5.56 Å². The zero-order valence-corrected chi connectivity index (χ0v) is 6.78. The maximum absolute atomic E-state index is 5.76. The van der Waals surface area contributed by atoms with Crippen molar-refractivity contribution in [1.29, 1.82) is 0 Å². The fourth-order valence-electron chi connectivity index (χ4n) is 0.697. The average Bonchev–Trinajstić information content (AvgIpc) is 1.94. The molecule has 0 radical (unpaired) electrons. The van der Waals surface area contributed by atoms with Crippen LogP contribution in [0.4, 0.5) is 5.69 Å². The highest BCUT2D eigenvalue weighted by Gasteiger charge is 1.97. The minimum Gasteiger partial charge on any atom is -0.399 e. The second-order valence-corrected chi connectivity index (χ2v) is 2.66. The first-order chi connectivity index (χ1) is 4.74. The van der Waals surface area contributed by atoms with Crippen LogP contribution in [0.1, 0.15) is 5.56 Å². The lowest BCUT2D eigenvalue weighted by Gasteiger charge is -1.99. The summed E-state index contributed by atoms with van der Waals surface area (Å²) in [7, 11) is 0. The number of alkyl halides is 1. The van der Waals surface area contributed by atoms with Crippen molar-refractivity contribution in [3.8, 4) is 0 Å². The summed E-state index contributed by atoms with van der Waals surface area (Å²) in [6, 6.07) is 5.27. The summed E-state index contributed by atoms with van der Waals surface area (Å²) < 4.78 is 0. The second-order valence-electron chi connectivity index (χ2n) is 1.98. The molecular weight excluding hydrogens is 169 g/mol. The summed E-state index contributed by atoms with van der Waals surface area (Å²) in [5.74, 6) is 0.407. The highest BCUT2D eigenvalue weighted by Crippen LogP contribution is 2.19. The Morgan fingerprint density at radius 3 is 2.60 bits per heavy atom. The van der Waals surface area contributed by atoms with Gasteiger partial charge in [-0.25, -0.2) is 0 Å². The van der Waals surface area contributed by atoms with Gasteiger partial charge in [0.05, 0.1) is 0 Å². The van der Waals surface area contributed by atoms with Gasteiger partial charge in [0.1, 0.15) is 0 Å². The van der Waals surface area contributed by atoms with Crippen molar-refractivity contribution in [3.05, 3.63) is 28.8 Å². The minimum atomic E-state index is 0.407. The quantitative estimate of drug-likeness (QED) is 0.516. The molecule has 1 aromatic carbocycles. The minimum absolute atomic E-state index is 0.407. The predicted octanol–water partition coefficient (Wildman–Crippen LogP) is 2.66. The lowest BCUT2D eigenvalue weighted by molar-refractivity contribution is 1.40. The van der Waals surface area contributed by atoms with Crippen LogP contribution in [-0.2, 0) is 5.88 Å². The second kappa shape index (κ2) is 3.13. The molecule has 0 saturated heterocycles. The van der Waals surface area contributed by atoms with Gasteiger partial charge >= 0.3 is 0 Å². The van der Waals surface area contributed by atoms with E-state index in [4.69, 9.17) is 28.9 Å². The zero-order valence-electron chi connectivity index (χ0n) is 5.27. The standard InChI is InChI=1S/C7H7Cl2N/c8-4-5-3-6(10)1-2-7(5)9/h1-3H,4,10H2. The molecule has 54 valence electrons. The summed E-state index contributed by atoms with van der Waals surface area (Å²) >= 11 is 11.3. The Morgan fingerprint density at radius 1 is 1.40 bits per heavy atom. The van der Waals surface area contributed by atoms with E-state index >= 15 is 0 Å². The van der Waals surface area contributed by atoms with E-state index in [0.29, 0.717) is 16.6 Å². The summed E-state index contributed by atoms with van der Waals surface area (Å²) in [5, 5.41) is 0.671. The van der Waals surface area contributed by atoms with Crippen LogP contribution in [0.25, 0.3) is 0 Å². The Labute approximate surface area is 69.7 Å². The molecule has 0 aliphatic rings. The number of nitrogen functional groups attached to an aromatic ring is 1. The van der Waals surface area contributed by atoms with Crippen LogP contribution in [0.5, 0.6) is 0 Å². The largest absolute Gasteiger partial charge is 0.399 e. The third kappa shape index (κ3) is 1.55. The molecule has 0 aromatic heterocycles. The molecule has 10 heavy (non-hydrogen) atoms. The topological polar surface area (TPSA) is 26.0 Å². The molecule has 0 fully saturated rings. The molecule has 0 bridgehead atoms. The van der Waals surface area contributed by atoms with E-state index in [9.17, 15) is 0 Å². The lowest BCUT2D eigenvalue weighted by Crippen LogP contribution is -1.86. The van der Waals surface area contributed by atoms with Gasteiger partial charge in [0.2, 0.25) is 0 Å². The SMILES string of the molecule is Nc1ccc(Cl)c(CCl)c1. The first-order valence-corrected chi connectivity index (χ1v) is 3.75. The van der Waals surface area contributed by atoms with Gasteiger partial charge in [-0.1, -0.05) is 11.6 Å². The van der Waals surface area contributed by atoms with Gasteiger partial charge < -0.3 is 5.73 Å². The smallest absolute Gasteiger partial charge is 0.0489 e. The summed E-state index contributed by atoms with van der Waals surface area (Å²) in [6.07, 6.45) is 0. The molecule has 2 N–H and O–H groups in total. The number of anilines is 1. The summed E-state index contributed by atoms with van der Waals surface area (Å²) in [6.45, 7) is 0. The lowest BCUT2D eigenvalue weighted by atomic mass is 10.2. The predicted molar refractivity (Wildman–Crippen MR) is 45.4 cm³/mol. The number of hydrogen-bond donors (Lipinski definition) is 1. The molecule has 0 spiro atoms. The molecule has 0 aliphatic carbocycles. The van der Waals surface area contributed by atoms with Crippen molar-refractivity contribution in [2.75, 3.05) is 5.73 Å². The molecular formula is C7H7Cl2N. The van der Waals surface area contributed by atoms with Crippen LogP contribution in [0.3, 0.4) is 0 Å². The number of halogens is 2. The van der Waals surface area contributed by atoms with E-state index in [-0.39, 0.29) is 0 Å². The molecule has 1 aromatic rings. The molecule has 0 aliphatic heterocycles. The van der Waals surface area contributed by atoms with Crippen molar-refractivity contribution in [2.24, 2.45) is 0 Å². The number of hydrogen-bond acceptors (Lipinski definition) is 1. The normalized spacial score (nSPS) is 9.80. The molecule has 0 atom stereocenters. The van der Waals surface area contributed by atoms with Crippen LogP contribution in [-0.4, -0.2) is 0 Å². The van der Waals surface area contributed by atoms with Gasteiger partial charge in [0, 0.05) is 16.6 Å². The molecule has 0 saturated carbocycles. The first kappa shape index (κ1) is 7.70. The monoisotopic (exact) mass is 175 g/mol. The fourth-order valence-corrected chi connectivity index (χ4v) is 1.17. The van der Waals surface area contributed by atoms with Crippen LogP contribution in [0.15, 0.2) is 18.2 Å². The Hall–Kier alpha value is -0.400. The third-order valence-corrected chi connectivity index (χ3v) is 1.87. The van der Waals surface area contributed by atoms with Crippen LogP contribution < -0.4 is 5.73 Å². The molecule has 0 amide bonds. The molecule has 1 rings (SSSR count). The van der Waals surface area contributed by atoms with Gasteiger partial charge in [0.15, 0.2) is 0 Å². The highest BCUT2D eigenvalue weighted by atomic mass is 35.5. The molecule has 3 heteroatoms. The number of nitrogens with two attached hydrogens (primary N) is 1. The van der Waals surface area contributed by atoms with Crippen molar-refractivity contribution >= 4 is 28.9 Å². The first-order valence-electron chi connectivity index (χ1n) is 2.84. The zero-order chi connectivity index (χ0) is 7.56. The Morgan fingerprint density at radius 2 is 2.10 bits per heavy atom. The van der Waals surface area contributed by atoms with E-state index in [1.54, 1.807) is 18.2 Å². The van der Waals surface area contributed by atoms with Crippen LogP contribution in [0, 0.1) is 0 Å². The van der Waals surface area contributed by atoms with Crippen molar-refractivity contribution in [2.45, 2.75) is 5.88 Å². The summed E-state index contributed by atoms with van der Waals surface area (Å²) in [4.78, 5) is 0. The molecule has 1 nitrogen and oxygen atoms in total. The van der Waals surface area contributed by atoms with Gasteiger partial charge in [-0.3, -0.25) is 0 Å². The van der Waals surface area contributed by atoms with Crippen molar-refractivity contribution in [3.63, 3.8) is 0 Å². The summed E-state index contributed by atoms with van der Waals surface area (Å²) in [5.41, 5.74) is 7.06. The van der Waals surface area contributed by atoms with Crippen molar-refractivity contribution in [1.82, 2.24) is 0 Å². The Balaban J connectivity index is 3.09. The Bertz CT molecular complexity index is 235. The Kier molecular flexibility index (Phi) is 2.41. The van der Waals surface area contributed by atoms with Crippen LogP contribution in [0.2, 0.25) is 5.02 Å². The van der Waals surface area contributed by atoms with Gasteiger partial charge in [-0.2, -0.15) is 0 Å². The van der Waals surface area contributed by atoms with E-state index in [2.05, 4.69) is 0 Å². The highest BCUT2D eigenvalue weighted by molar-refractivity contribution is 6.32. The number of benzene rings is 1. The van der Waals surface area contributed by atoms with Gasteiger partial charge in [0.25, 0.3) is 0 Å². The van der Waals surface area contributed by atoms with Crippen LogP contribution >= 0.6 is 23.2 Å². The fraction of sp³-hybridized carbons (Fsp3) is 0.143. The van der Waals surface area contributed by atoms with Crippen molar-refractivity contribution < 1.29 is 0 Å². The molecule has 0 heterocycles. The average molecular weight is 176 g/mol. The van der Waals surface area contributed by atoms with E-state index in [1.165, 1.54) is 0 Å². The maximum Gasteiger partial charge on any atom is 0.0489 e. The van der Waals surface area contributed by atoms with E-state index in [1.807, 2.05) is 0 Å². The number of rotatable bonds is 1. The van der Waals surface area contributed by atoms with Gasteiger partial charge in [-0.15, -0.1) is 11.6 Å². The molecule has 0 unspecified atom stereocenters. The maximum atomic E-state index is 5.76. The van der Waals surface area contributed by atoms with E-state index < -0.39 is 0 Å². The van der Waals surface area contributed by atoms with Gasteiger partial charge in [-0.05, 0) is 23.8 Å².